The Morgan fingerprint density at radius 3 is 2.61 bits per heavy atom. The molecule has 0 aliphatic rings. The van der Waals surface area contributed by atoms with Crippen molar-refractivity contribution in [2.24, 2.45) is 0 Å². The van der Waals surface area contributed by atoms with E-state index in [1.807, 2.05) is 54.0 Å². The fraction of sp³-hybridized carbons (Fsp3) is 0.176. The molecule has 0 amide bonds. The third-order valence-corrected chi connectivity index (χ3v) is 5.18. The molecule has 0 saturated heterocycles. The van der Waals surface area contributed by atoms with Crippen LogP contribution in [-0.2, 0) is 11.3 Å². The molecule has 0 aliphatic carbocycles. The van der Waals surface area contributed by atoms with Crippen LogP contribution in [0.5, 0.6) is 0 Å². The van der Waals surface area contributed by atoms with E-state index >= 15 is 0 Å². The van der Waals surface area contributed by atoms with E-state index in [2.05, 4.69) is 4.98 Å². The first-order valence-electron chi connectivity index (χ1n) is 7.06. The number of benzene rings is 1. The molecule has 1 aromatic carbocycles. The molecule has 0 unspecified atom stereocenters. The lowest BCUT2D eigenvalue weighted by atomic mass is 10.2. The number of anilines is 1. The fourth-order valence-electron chi connectivity index (χ4n) is 2.01. The van der Waals surface area contributed by atoms with Gasteiger partial charge in [0, 0.05) is 25.2 Å². The first-order valence-corrected chi connectivity index (χ1v) is 8.82. The van der Waals surface area contributed by atoms with Crippen molar-refractivity contribution >= 4 is 34.3 Å². The number of thiazole rings is 1. The molecule has 3 rings (SSSR count). The highest BCUT2D eigenvalue weighted by Crippen LogP contribution is 2.28. The summed E-state index contributed by atoms with van der Waals surface area (Å²) >= 11 is 3.21. The number of rotatable bonds is 5. The zero-order chi connectivity index (χ0) is 16.2. The number of aromatic nitrogens is 1. The minimum Gasteiger partial charge on any atom is -0.456 e. The van der Waals surface area contributed by atoms with Gasteiger partial charge in [0.05, 0.1) is 16.1 Å². The third-order valence-electron chi connectivity index (χ3n) is 3.25. The first-order chi connectivity index (χ1) is 11.1. The third kappa shape index (κ3) is 3.78. The lowest BCUT2D eigenvalue weighted by molar-refractivity contribution is 0.0468. The Labute approximate surface area is 143 Å². The van der Waals surface area contributed by atoms with Gasteiger partial charge in [-0.25, -0.2) is 9.78 Å². The Morgan fingerprint density at radius 2 is 1.96 bits per heavy atom. The zero-order valence-corrected chi connectivity index (χ0v) is 14.5. The number of thiophene rings is 1. The molecule has 0 spiro atoms. The molecule has 2 heterocycles. The van der Waals surface area contributed by atoms with Gasteiger partial charge in [-0.2, -0.15) is 0 Å². The molecule has 6 heteroatoms. The number of ether oxygens (including phenoxy) is 1. The molecule has 0 saturated carbocycles. The van der Waals surface area contributed by atoms with Crippen LogP contribution in [0.1, 0.15) is 16.1 Å². The monoisotopic (exact) mass is 344 g/mol. The smallest absolute Gasteiger partial charge is 0.338 e. The summed E-state index contributed by atoms with van der Waals surface area (Å²) < 4.78 is 5.34. The van der Waals surface area contributed by atoms with Gasteiger partial charge in [0.1, 0.15) is 11.6 Å². The van der Waals surface area contributed by atoms with Gasteiger partial charge >= 0.3 is 5.97 Å². The van der Waals surface area contributed by atoms with Gasteiger partial charge in [0.25, 0.3) is 0 Å². The molecule has 23 heavy (non-hydrogen) atoms. The van der Waals surface area contributed by atoms with E-state index in [-0.39, 0.29) is 12.6 Å². The maximum Gasteiger partial charge on any atom is 0.338 e. The summed E-state index contributed by atoms with van der Waals surface area (Å²) in [4.78, 5) is 19.7. The second kappa shape index (κ2) is 6.93. The molecule has 0 radical (unpaired) electrons. The van der Waals surface area contributed by atoms with E-state index in [1.165, 1.54) is 0 Å². The summed E-state index contributed by atoms with van der Waals surface area (Å²) in [6.07, 6.45) is 0. The molecule has 0 aliphatic heterocycles. The maximum atomic E-state index is 12.1. The normalized spacial score (nSPS) is 10.5. The van der Waals surface area contributed by atoms with Crippen LogP contribution in [0, 0.1) is 0 Å². The Morgan fingerprint density at radius 1 is 1.17 bits per heavy atom. The van der Waals surface area contributed by atoms with Crippen molar-refractivity contribution < 1.29 is 9.53 Å². The molecule has 0 atom stereocenters. The Bertz CT molecular complexity index is 777. The maximum absolute atomic E-state index is 12.1. The van der Waals surface area contributed by atoms with E-state index in [0.717, 1.165) is 21.3 Å². The Hall–Kier alpha value is -2.18. The molecule has 0 fully saturated rings. The van der Waals surface area contributed by atoms with Crippen LogP contribution in [0.2, 0.25) is 0 Å². The lowest BCUT2D eigenvalue weighted by Crippen LogP contribution is -2.09. The van der Waals surface area contributed by atoms with Crippen molar-refractivity contribution in [1.29, 1.82) is 0 Å². The Balaban J connectivity index is 1.60. The lowest BCUT2D eigenvalue weighted by Gasteiger charge is -2.12. The van der Waals surface area contributed by atoms with Crippen LogP contribution in [0.3, 0.4) is 0 Å². The van der Waals surface area contributed by atoms with Crippen LogP contribution in [0.4, 0.5) is 5.69 Å². The summed E-state index contributed by atoms with van der Waals surface area (Å²) in [7, 11) is 3.92. The van der Waals surface area contributed by atoms with Crippen molar-refractivity contribution in [1.82, 2.24) is 4.98 Å². The highest BCUT2D eigenvalue weighted by atomic mass is 32.1. The minimum atomic E-state index is -0.332. The Kier molecular flexibility index (Phi) is 4.73. The second-order valence-corrected chi connectivity index (χ2v) is 6.94. The number of carbonyl (C=O) groups is 1. The van der Waals surface area contributed by atoms with Crippen LogP contribution in [0.25, 0.3) is 9.88 Å². The quantitative estimate of drug-likeness (QED) is 0.647. The molecule has 0 bridgehead atoms. The van der Waals surface area contributed by atoms with Gasteiger partial charge in [-0.15, -0.1) is 22.7 Å². The molecular weight excluding hydrogens is 328 g/mol. The van der Waals surface area contributed by atoms with Gasteiger partial charge in [-0.05, 0) is 35.7 Å². The van der Waals surface area contributed by atoms with Gasteiger partial charge in [0.2, 0.25) is 0 Å². The molecule has 118 valence electrons. The average Bonchev–Trinajstić information content (AvgIpc) is 3.23. The second-order valence-electron chi connectivity index (χ2n) is 5.14. The highest BCUT2D eigenvalue weighted by molar-refractivity contribution is 7.20. The summed E-state index contributed by atoms with van der Waals surface area (Å²) in [6.45, 7) is 0.191. The van der Waals surface area contributed by atoms with E-state index in [9.17, 15) is 4.79 Å². The predicted molar refractivity (Wildman–Crippen MR) is 95.3 cm³/mol. The minimum absolute atomic E-state index is 0.191. The van der Waals surface area contributed by atoms with Gasteiger partial charge in [-0.3, -0.25) is 0 Å². The van der Waals surface area contributed by atoms with Gasteiger partial charge in [0.15, 0.2) is 0 Å². The van der Waals surface area contributed by atoms with E-state index < -0.39 is 0 Å². The number of nitrogens with zero attached hydrogens (tertiary/aromatic N) is 2. The van der Waals surface area contributed by atoms with E-state index in [0.29, 0.717) is 5.56 Å². The summed E-state index contributed by atoms with van der Waals surface area (Å²) in [5.74, 6) is -0.332. The first kappa shape index (κ1) is 15.7. The molecule has 4 nitrogen and oxygen atoms in total. The van der Waals surface area contributed by atoms with Crippen LogP contribution < -0.4 is 4.90 Å². The van der Waals surface area contributed by atoms with Gasteiger partial charge in [-0.1, -0.05) is 6.07 Å². The molecule has 2 aromatic heterocycles. The van der Waals surface area contributed by atoms with E-state index in [4.69, 9.17) is 4.74 Å². The van der Waals surface area contributed by atoms with Crippen LogP contribution in [0.15, 0.2) is 47.2 Å². The fourth-order valence-corrected chi connectivity index (χ4v) is 3.62. The van der Waals surface area contributed by atoms with Crippen molar-refractivity contribution in [3.63, 3.8) is 0 Å². The van der Waals surface area contributed by atoms with Crippen molar-refractivity contribution in [2.75, 3.05) is 19.0 Å². The zero-order valence-electron chi connectivity index (χ0n) is 12.9. The highest BCUT2D eigenvalue weighted by Gasteiger charge is 2.10. The van der Waals surface area contributed by atoms with Crippen LogP contribution >= 0.6 is 22.7 Å². The topological polar surface area (TPSA) is 42.4 Å². The number of esters is 1. The molecule has 3 aromatic rings. The number of carbonyl (C=O) groups excluding carboxylic acids is 1. The van der Waals surface area contributed by atoms with Gasteiger partial charge < -0.3 is 9.64 Å². The summed E-state index contributed by atoms with van der Waals surface area (Å²) in [5, 5.41) is 4.91. The number of hydrogen-bond donors (Lipinski definition) is 0. The predicted octanol–water partition coefficient (Wildman–Crippen LogP) is 4.29. The summed E-state index contributed by atoms with van der Waals surface area (Å²) in [5.41, 5.74) is 2.36. The average molecular weight is 344 g/mol. The molecule has 0 N–H and O–H groups in total. The van der Waals surface area contributed by atoms with E-state index in [1.54, 1.807) is 34.8 Å². The van der Waals surface area contributed by atoms with Crippen molar-refractivity contribution in [3.05, 3.63) is 58.4 Å². The summed E-state index contributed by atoms with van der Waals surface area (Å²) in [6, 6.07) is 11.4. The van der Waals surface area contributed by atoms with Crippen molar-refractivity contribution in [2.45, 2.75) is 6.61 Å². The van der Waals surface area contributed by atoms with Crippen molar-refractivity contribution in [3.8, 4) is 9.88 Å². The SMILES string of the molecule is CN(C)c1ccc(C(=O)OCc2csc(-c3cccs3)n2)cc1. The molecular formula is C17H16N2O2S2. The number of hydrogen-bond acceptors (Lipinski definition) is 6. The largest absolute Gasteiger partial charge is 0.456 e. The van der Waals surface area contributed by atoms with Crippen LogP contribution in [-0.4, -0.2) is 25.0 Å². The standard InChI is InChI=1S/C17H16N2O2S2/c1-19(2)14-7-5-12(6-8-14)17(20)21-10-13-11-23-16(18-13)15-4-3-9-22-15/h3-9,11H,10H2,1-2H3.